The summed E-state index contributed by atoms with van der Waals surface area (Å²) in [6.45, 7) is 6.81. The summed E-state index contributed by atoms with van der Waals surface area (Å²) in [6.07, 6.45) is 7.94. The van der Waals surface area contributed by atoms with E-state index in [1.54, 1.807) is 9.58 Å². The summed E-state index contributed by atoms with van der Waals surface area (Å²) in [7, 11) is 0. The molecule has 5 rings (SSSR count). The van der Waals surface area contributed by atoms with E-state index in [1.807, 2.05) is 31.2 Å². The van der Waals surface area contributed by atoms with Crippen LogP contribution < -0.4 is 14.8 Å². The third kappa shape index (κ3) is 4.62. The van der Waals surface area contributed by atoms with E-state index in [2.05, 4.69) is 19.2 Å². The maximum atomic E-state index is 13.9. The Kier molecular flexibility index (Phi) is 6.47. The summed E-state index contributed by atoms with van der Waals surface area (Å²) in [5, 5.41) is 8.01. The van der Waals surface area contributed by atoms with Gasteiger partial charge in [0.2, 0.25) is 12.7 Å². The highest BCUT2D eigenvalue weighted by atomic mass is 16.7. The van der Waals surface area contributed by atoms with E-state index in [9.17, 15) is 9.59 Å². The van der Waals surface area contributed by atoms with Crippen molar-refractivity contribution in [2.24, 2.45) is 0 Å². The molecule has 0 radical (unpaired) electrons. The van der Waals surface area contributed by atoms with Crippen molar-refractivity contribution in [1.29, 1.82) is 0 Å². The van der Waals surface area contributed by atoms with Gasteiger partial charge in [0.15, 0.2) is 11.5 Å². The first-order chi connectivity index (χ1) is 16.8. The second-order valence-corrected chi connectivity index (χ2v) is 10.6. The molecule has 2 amide bonds. The molecule has 0 saturated heterocycles. The summed E-state index contributed by atoms with van der Waals surface area (Å²) in [6, 6.07) is 7.70. The van der Waals surface area contributed by atoms with E-state index in [0.717, 1.165) is 36.9 Å². The molecule has 1 atom stereocenters. The number of amides is 2. The first-order valence-corrected chi connectivity index (χ1v) is 12.9. The Morgan fingerprint density at radius 1 is 1.11 bits per heavy atom. The lowest BCUT2D eigenvalue weighted by atomic mass is 9.91. The number of nitrogens with zero attached hydrogens (tertiary/aromatic N) is 3. The number of nitrogens with one attached hydrogen (secondary N) is 1. The molecule has 8 heteroatoms. The molecule has 1 saturated carbocycles. The predicted molar refractivity (Wildman–Crippen MR) is 131 cm³/mol. The minimum Gasteiger partial charge on any atom is -0.454 e. The predicted octanol–water partition coefficient (Wildman–Crippen LogP) is 4.38. The van der Waals surface area contributed by atoms with Crippen LogP contribution >= 0.6 is 0 Å². The van der Waals surface area contributed by atoms with Gasteiger partial charge in [-0.3, -0.25) is 14.3 Å². The average Bonchev–Trinajstić information content (AvgIpc) is 3.45. The highest BCUT2D eigenvalue weighted by Crippen LogP contribution is 2.35. The number of ether oxygens (including phenoxy) is 2. The number of hydrogen-bond acceptors (Lipinski definition) is 5. The van der Waals surface area contributed by atoms with E-state index in [1.165, 1.54) is 19.3 Å². The molecule has 1 fully saturated rings. The van der Waals surface area contributed by atoms with Gasteiger partial charge in [-0.1, -0.05) is 52.0 Å². The van der Waals surface area contributed by atoms with Crippen molar-refractivity contribution in [2.75, 3.05) is 6.79 Å². The fraction of sp³-hybridized carbons (Fsp3) is 0.593. The molecular formula is C27H36N4O4. The molecule has 2 aliphatic heterocycles. The van der Waals surface area contributed by atoms with E-state index in [0.29, 0.717) is 30.3 Å². The van der Waals surface area contributed by atoms with Crippen LogP contribution in [0.2, 0.25) is 0 Å². The topological polar surface area (TPSA) is 85.7 Å². The molecule has 0 bridgehead atoms. The molecule has 3 heterocycles. The van der Waals surface area contributed by atoms with Gasteiger partial charge in [-0.25, -0.2) is 0 Å². The molecule has 0 spiro atoms. The van der Waals surface area contributed by atoms with Crippen molar-refractivity contribution >= 4 is 11.8 Å². The normalized spacial score (nSPS) is 22.6. The summed E-state index contributed by atoms with van der Waals surface area (Å²) < 4.78 is 12.7. The van der Waals surface area contributed by atoms with Gasteiger partial charge in [0.05, 0.1) is 12.2 Å². The minimum absolute atomic E-state index is 0.107. The van der Waals surface area contributed by atoms with Crippen LogP contribution in [-0.4, -0.2) is 44.9 Å². The Labute approximate surface area is 207 Å². The van der Waals surface area contributed by atoms with Crippen LogP contribution in [0.3, 0.4) is 0 Å². The lowest BCUT2D eigenvalue weighted by Gasteiger charge is -2.44. The molecule has 3 aliphatic rings. The number of carbonyl (C=O) groups excluding carboxylic acids is 2. The van der Waals surface area contributed by atoms with Gasteiger partial charge in [-0.05, 0) is 49.4 Å². The molecule has 1 aromatic carbocycles. The maximum Gasteiger partial charge on any atom is 0.273 e. The quantitative estimate of drug-likeness (QED) is 0.687. The fourth-order valence-corrected chi connectivity index (χ4v) is 5.35. The van der Waals surface area contributed by atoms with Gasteiger partial charge in [0, 0.05) is 12.6 Å². The van der Waals surface area contributed by atoms with Gasteiger partial charge in [0.1, 0.15) is 11.2 Å². The molecule has 1 N–H and O–H groups in total. The van der Waals surface area contributed by atoms with Crippen molar-refractivity contribution in [3.05, 3.63) is 41.2 Å². The number of rotatable bonds is 5. The van der Waals surface area contributed by atoms with E-state index >= 15 is 0 Å². The van der Waals surface area contributed by atoms with Crippen molar-refractivity contribution in [2.45, 2.75) is 96.3 Å². The van der Waals surface area contributed by atoms with Gasteiger partial charge >= 0.3 is 0 Å². The van der Waals surface area contributed by atoms with Crippen molar-refractivity contribution in [3.8, 4) is 11.5 Å². The van der Waals surface area contributed by atoms with Crippen LogP contribution in [0.25, 0.3) is 0 Å². The van der Waals surface area contributed by atoms with Crippen LogP contribution in [0.4, 0.5) is 0 Å². The highest BCUT2D eigenvalue weighted by molar-refractivity contribution is 5.99. The zero-order valence-corrected chi connectivity index (χ0v) is 21.0. The Balaban J connectivity index is 1.46. The number of carbonyl (C=O) groups is 2. The van der Waals surface area contributed by atoms with Gasteiger partial charge in [-0.15, -0.1) is 0 Å². The summed E-state index contributed by atoms with van der Waals surface area (Å²) in [5.74, 6) is 1.27. The lowest BCUT2D eigenvalue weighted by Crippen LogP contribution is -2.64. The third-order valence-corrected chi connectivity index (χ3v) is 7.62. The minimum atomic E-state index is -1.07. The molecular weight excluding hydrogens is 444 g/mol. The molecule has 1 aromatic heterocycles. The smallest absolute Gasteiger partial charge is 0.273 e. The molecule has 35 heavy (non-hydrogen) atoms. The largest absolute Gasteiger partial charge is 0.454 e. The molecule has 8 nitrogen and oxygen atoms in total. The maximum absolute atomic E-state index is 13.9. The van der Waals surface area contributed by atoms with Crippen LogP contribution in [0.15, 0.2) is 24.3 Å². The second kappa shape index (κ2) is 9.55. The van der Waals surface area contributed by atoms with Crippen LogP contribution in [0.1, 0.15) is 93.4 Å². The molecule has 2 aromatic rings. The van der Waals surface area contributed by atoms with Crippen LogP contribution in [-0.2, 0) is 17.9 Å². The summed E-state index contributed by atoms with van der Waals surface area (Å²) in [4.78, 5) is 29.4. The Hall–Kier alpha value is -3.03. The number of fused-ring (bicyclic) bond motifs is 2. The number of benzene rings is 1. The van der Waals surface area contributed by atoms with Crippen LogP contribution in [0.5, 0.6) is 11.5 Å². The SMILES string of the molecule is CC(C)c1cc2n(n1)C[C@](C)(C(=O)NC1CCCCCCC1)N(Cc1ccc3c(c1)OCO3)C2=O. The zero-order valence-electron chi connectivity index (χ0n) is 21.0. The Bertz CT molecular complexity index is 1100. The number of aromatic nitrogens is 2. The third-order valence-electron chi connectivity index (χ3n) is 7.62. The zero-order chi connectivity index (χ0) is 24.6. The standard InChI is InChI=1S/C27H36N4O4/c1-18(2)21-14-22-25(32)30(15-19-11-12-23-24(13-19)35-17-34-23)27(3,16-31(22)29-21)26(33)28-20-9-7-5-4-6-8-10-20/h11-14,18,20H,4-10,15-17H2,1-3H3,(H,28,33)/t27-/m1/s1. The van der Waals surface area contributed by atoms with Crippen molar-refractivity contribution < 1.29 is 19.1 Å². The fourth-order valence-electron chi connectivity index (χ4n) is 5.35. The van der Waals surface area contributed by atoms with Gasteiger partial charge < -0.3 is 19.7 Å². The van der Waals surface area contributed by atoms with Crippen molar-refractivity contribution in [3.63, 3.8) is 0 Å². The summed E-state index contributed by atoms with van der Waals surface area (Å²) >= 11 is 0. The van der Waals surface area contributed by atoms with E-state index in [-0.39, 0.29) is 30.6 Å². The Morgan fingerprint density at radius 2 is 1.83 bits per heavy atom. The van der Waals surface area contributed by atoms with Crippen molar-refractivity contribution in [1.82, 2.24) is 20.0 Å². The molecule has 1 aliphatic carbocycles. The average molecular weight is 481 g/mol. The van der Waals surface area contributed by atoms with E-state index in [4.69, 9.17) is 14.6 Å². The molecule has 188 valence electrons. The Morgan fingerprint density at radius 3 is 2.57 bits per heavy atom. The van der Waals surface area contributed by atoms with Gasteiger partial charge in [-0.2, -0.15) is 5.10 Å². The first-order valence-electron chi connectivity index (χ1n) is 12.9. The monoisotopic (exact) mass is 480 g/mol. The first kappa shape index (κ1) is 23.7. The highest BCUT2D eigenvalue weighted by Gasteiger charge is 2.48. The van der Waals surface area contributed by atoms with Gasteiger partial charge in [0.25, 0.3) is 5.91 Å². The summed E-state index contributed by atoms with van der Waals surface area (Å²) in [5.41, 5.74) is 1.22. The number of hydrogen-bond donors (Lipinski definition) is 1. The second-order valence-electron chi connectivity index (χ2n) is 10.6. The van der Waals surface area contributed by atoms with E-state index < -0.39 is 5.54 Å². The molecule has 0 unspecified atom stereocenters. The van der Waals surface area contributed by atoms with Crippen LogP contribution in [0, 0.1) is 0 Å². The lowest BCUT2D eigenvalue weighted by molar-refractivity contribution is -0.134.